The van der Waals surface area contributed by atoms with Gasteiger partial charge in [-0.25, -0.2) is 17.5 Å². The van der Waals surface area contributed by atoms with Crippen LogP contribution < -0.4 is 9.46 Å². The molecule has 0 spiro atoms. The molecule has 2 N–H and O–H groups in total. The van der Waals surface area contributed by atoms with Gasteiger partial charge in [-0.2, -0.15) is 0 Å². The molecule has 0 aliphatic carbocycles. The normalized spacial score (nSPS) is 18.5. The minimum absolute atomic E-state index is 0.142. The van der Waals surface area contributed by atoms with Gasteiger partial charge in [0.05, 0.1) is 4.90 Å². The van der Waals surface area contributed by atoms with Crippen LogP contribution >= 0.6 is 0 Å². The lowest BCUT2D eigenvalue weighted by atomic mass is 9.84. The Balaban J connectivity index is 1.30. The zero-order valence-electron chi connectivity index (χ0n) is 20.4. The summed E-state index contributed by atoms with van der Waals surface area (Å²) >= 11 is 0. The number of likely N-dealkylation sites (tertiary alicyclic amines) is 1. The molecule has 0 aromatic heterocycles. The highest BCUT2D eigenvalue weighted by Gasteiger charge is 2.34. The smallest absolute Gasteiger partial charge is 0.508 e. The number of phenols is 1. The molecule has 11 heteroatoms. The number of hydrogen-bond acceptors (Lipinski definition) is 5. The van der Waals surface area contributed by atoms with Crippen LogP contribution in [0.1, 0.15) is 35.8 Å². The van der Waals surface area contributed by atoms with Gasteiger partial charge in [0.1, 0.15) is 17.3 Å². The fourth-order valence-corrected chi connectivity index (χ4v) is 5.82. The van der Waals surface area contributed by atoms with E-state index in [0.717, 1.165) is 61.4 Å². The predicted molar refractivity (Wildman–Crippen MR) is 134 cm³/mol. The topological polar surface area (TPSA) is 78.9 Å². The van der Waals surface area contributed by atoms with Crippen molar-refractivity contribution in [2.45, 2.75) is 35.9 Å². The van der Waals surface area contributed by atoms with E-state index < -0.39 is 22.1 Å². The fraction of sp³-hybridized carbons (Fsp3) is 0.333. The second-order valence-corrected chi connectivity index (χ2v) is 11.0. The van der Waals surface area contributed by atoms with Gasteiger partial charge in [0.15, 0.2) is 0 Å². The van der Waals surface area contributed by atoms with Crippen LogP contribution in [0.5, 0.6) is 11.5 Å². The van der Waals surface area contributed by atoms with Crippen LogP contribution in [0.4, 0.5) is 17.6 Å². The molecular formula is C27H28F4N2O4S. The Morgan fingerprint density at radius 2 is 1.42 bits per heavy atom. The average molecular weight is 553 g/mol. The first-order valence-electron chi connectivity index (χ1n) is 12.1. The van der Waals surface area contributed by atoms with E-state index in [1.54, 1.807) is 24.3 Å². The summed E-state index contributed by atoms with van der Waals surface area (Å²) < 4.78 is 81.5. The number of halogens is 4. The predicted octanol–water partition coefficient (Wildman–Crippen LogP) is 5.37. The molecule has 1 aliphatic rings. The molecule has 1 saturated heterocycles. The van der Waals surface area contributed by atoms with E-state index in [-0.39, 0.29) is 34.8 Å². The minimum Gasteiger partial charge on any atom is -0.508 e. The number of hydrogen-bond donors (Lipinski definition) is 2. The van der Waals surface area contributed by atoms with Gasteiger partial charge >= 0.3 is 6.36 Å². The second kappa shape index (κ2) is 11.7. The number of aromatic hydroxyl groups is 1. The van der Waals surface area contributed by atoms with Gasteiger partial charge in [-0.15, -0.1) is 13.2 Å². The van der Waals surface area contributed by atoms with Crippen molar-refractivity contribution in [2.75, 3.05) is 26.2 Å². The standard InChI is InChI=1S/C27H28F4N2O4S/c28-21-7-3-19(4-8-21)25-17-33(18-26(25)20-5-9-22(34)10-6-20)16-2-1-15-32-38(35,36)24-13-11-23(12-14-24)37-27(29,30)31/h3-14,25-26,32,34H,1-2,15-18H2. The van der Waals surface area contributed by atoms with Crippen molar-refractivity contribution >= 4 is 10.0 Å². The largest absolute Gasteiger partial charge is 0.573 e. The van der Waals surface area contributed by atoms with Crippen molar-refractivity contribution < 1.29 is 35.8 Å². The molecule has 204 valence electrons. The first kappa shape index (κ1) is 27.9. The van der Waals surface area contributed by atoms with Crippen molar-refractivity contribution in [3.8, 4) is 11.5 Å². The Kier molecular flexibility index (Phi) is 8.59. The van der Waals surface area contributed by atoms with Gasteiger partial charge < -0.3 is 14.7 Å². The SMILES string of the molecule is O=S(=O)(NCCCCN1CC(c2ccc(O)cc2)C(c2ccc(F)cc2)C1)c1ccc(OC(F)(F)F)cc1. The summed E-state index contributed by atoms with van der Waals surface area (Å²) in [7, 11) is -3.87. The number of ether oxygens (including phenoxy) is 1. The molecule has 0 bridgehead atoms. The third kappa shape index (κ3) is 7.46. The average Bonchev–Trinajstić information content (AvgIpc) is 3.28. The Bertz CT molecular complexity index is 1250. The number of unbranched alkanes of at least 4 members (excludes halogenated alkanes) is 1. The number of phenolic OH excluding ortho intramolecular Hbond substituents is 1. The van der Waals surface area contributed by atoms with Gasteiger partial charge in [0.2, 0.25) is 10.0 Å². The highest BCUT2D eigenvalue weighted by molar-refractivity contribution is 7.89. The van der Waals surface area contributed by atoms with Crippen LogP contribution in [0, 0.1) is 5.82 Å². The van der Waals surface area contributed by atoms with Crippen LogP contribution in [0.2, 0.25) is 0 Å². The van der Waals surface area contributed by atoms with E-state index in [0.29, 0.717) is 6.42 Å². The monoisotopic (exact) mass is 552 g/mol. The van der Waals surface area contributed by atoms with Gasteiger partial charge in [-0.05, 0) is 79.0 Å². The molecule has 1 aliphatic heterocycles. The maximum Gasteiger partial charge on any atom is 0.573 e. The molecule has 6 nitrogen and oxygen atoms in total. The summed E-state index contributed by atoms with van der Waals surface area (Å²) in [6.07, 6.45) is -3.56. The molecule has 0 amide bonds. The number of benzene rings is 3. The Morgan fingerprint density at radius 1 is 0.868 bits per heavy atom. The lowest BCUT2D eigenvalue weighted by Gasteiger charge is -2.19. The van der Waals surface area contributed by atoms with Crippen LogP contribution in [-0.4, -0.2) is 51.0 Å². The number of alkyl halides is 3. The summed E-state index contributed by atoms with van der Waals surface area (Å²) in [4.78, 5) is 2.14. The summed E-state index contributed by atoms with van der Waals surface area (Å²) in [5, 5.41) is 9.67. The highest BCUT2D eigenvalue weighted by Crippen LogP contribution is 2.40. The van der Waals surface area contributed by atoms with E-state index >= 15 is 0 Å². The van der Waals surface area contributed by atoms with Crippen molar-refractivity contribution in [3.05, 3.63) is 89.7 Å². The van der Waals surface area contributed by atoms with Crippen LogP contribution in [0.25, 0.3) is 0 Å². The van der Waals surface area contributed by atoms with Crippen LogP contribution in [0.15, 0.2) is 77.7 Å². The summed E-state index contributed by atoms with van der Waals surface area (Å²) in [6, 6.07) is 17.7. The molecule has 1 fully saturated rings. The van der Waals surface area contributed by atoms with E-state index in [2.05, 4.69) is 14.4 Å². The third-order valence-corrected chi connectivity index (χ3v) is 8.05. The summed E-state index contributed by atoms with van der Waals surface area (Å²) in [6.45, 7) is 2.44. The molecule has 1 heterocycles. The van der Waals surface area contributed by atoms with E-state index in [1.165, 1.54) is 12.1 Å². The van der Waals surface area contributed by atoms with Gasteiger partial charge in [0, 0.05) is 31.5 Å². The Labute approximate surface area is 218 Å². The summed E-state index contributed by atoms with van der Waals surface area (Å²) in [5.74, 6) is -0.300. The molecule has 38 heavy (non-hydrogen) atoms. The first-order chi connectivity index (χ1) is 18.0. The summed E-state index contributed by atoms with van der Waals surface area (Å²) in [5.41, 5.74) is 2.12. The molecule has 3 aromatic carbocycles. The van der Waals surface area contributed by atoms with Crippen molar-refractivity contribution in [1.29, 1.82) is 0 Å². The highest BCUT2D eigenvalue weighted by atomic mass is 32.2. The second-order valence-electron chi connectivity index (χ2n) is 9.24. The van der Waals surface area contributed by atoms with Crippen molar-refractivity contribution in [1.82, 2.24) is 9.62 Å². The Hall–Kier alpha value is -3.15. The van der Waals surface area contributed by atoms with Crippen LogP contribution in [0.3, 0.4) is 0 Å². The first-order valence-corrected chi connectivity index (χ1v) is 13.6. The zero-order chi connectivity index (χ0) is 27.3. The molecule has 0 radical (unpaired) electrons. The molecule has 4 rings (SSSR count). The number of sulfonamides is 1. The lowest BCUT2D eigenvalue weighted by molar-refractivity contribution is -0.274. The van der Waals surface area contributed by atoms with E-state index in [9.17, 15) is 31.1 Å². The molecule has 3 aromatic rings. The van der Waals surface area contributed by atoms with Gasteiger partial charge in [-0.1, -0.05) is 24.3 Å². The third-order valence-electron chi connectivity index (χ3n) is 6.58. The van der Waals surface area contributed by atoms with Gasteiger partial charge in [-0.3, -0.25) is 0 Å². The quantitative estimate of drug-likeness (QED) is 0.261. The van der Waals surface area contributed by atoms with Crippen LogP contribution in [-0.2, 0) is 10.0 Å². The number of nitrogens with one attached hydrogen (secondary N) is 1. The number of rotatable bonds is 10. The zero-order valence-corrected chi connectivity index (χ0v) is 21.2. The molecule has 2 unspecified atom stereocenters. The van der Waals surface area contributed by atoms with E-state index in [4.69, 9.17) is 0 Å². The fourth-order valence-electron chi connectivity index (χ4n) is 4.75. The Morgan fingerprint density at radius 3 is 1.97 bits per heavy atom. The van der Waals surface area contributed by atoms with Gasteiger partial charge in [0.25, 0.3) is 0 Å². The lowest BCUT2D eigenvalue weighted by Crippen LogP contribution is -2.26. The number of nitrogens with zero attached hydrogens (tertiary/aromatic N) is 1. The molecule has 0 saturated carbocycles. The minimum atomic E-state index is -4.85. The van der Waals surface area contributed by atoms with Crippen molar-refractivity contribution in [2.24, 2.45) is 0 Å². The van der Waals surface area contributed by atoms with Crippen molar-refractivity contribution in [3.63, 3.8) is 0 Å². The molecule has 2 atom stereocenters. The molecular weight excluding hydrogens is 524 g/mol. The maximum absolute atomic E-state index is 13.5. The maximum atomic E-state index is 13.5. The van der Waals surface area contributed by atoms with E-state index in [1.807, 2.05) is 12.1 Å².